The molecular formula is C16H11Cl2F3N2O2. The summed E-state index contributed by atoms with van der Waals surface area (Å²) in [6.45, 7) is -0.499. The number of benzene rings is 2. The molecule has 0 aromatic heterocycles. The second-order valence-electron chi connectivity index (χ2n) is 4.93. The number of hydrogen-bond donors (Lipinski definition) is 2. The maximum atomic E-state index is 13.0. The van der Waals surface area contributed by atoms with Gasteiger partial charge in [0.25, 0.3) is 5.91 Å². The zero-order valence-corrected chi connectivity index (χ0v) is 14.0. The average Bonchev–Trinajstić information content (AvgIpc) is 2.54. The first-order chi connectivity index (χ1) is 11.7. The van der Waals surface area contributed by atoms with E-state index in [-0.39, 0.29) is 10.6 Å². The Labute approximate surface area is 150 Å². The van der Waals surface area contributed by atoms with Crippen molar-refractivity contribution in [3.63, 3.8) is 0 Å². The Morgan fingerprint density at radius 3 is 2.16 bits per heavy atom. The van der Waals surface area contributed by atoms with Crippen LogP contribution in [0.1, 0.15) is 15.9 Å². The maximum absolute atomic E-state index is 13.0. The third-order valence-corrected chi connectivity index (χ3v) is 3.56. The van der Waals surface area contributed by atoms with E-state index in [1.165, 1.54) is 30.3 Å². The molecule has 0 bridgehead atoms. The molecule has 0 spiro atoms. The fourth-order valence-corrected chi connectivity index (χ4v) is 2.22. The molecule has 2 rings (SSSR count). The molecule has 0 saturated heterocycles. The molecule has 25 heavy (non-hydrogen) atoms. The third-order valence-electron chi connectivity index (χ3n) is 3.08. The molecule has 0 radical (unpaired) electrons. The van der Waals surface area contributed by atoms with Crippen molar-refractivity contribution < 1.29 is 22.8 Å². The van der Waals surface area contributed by atoms with E-state index in [0.29, 0.717) is 11.1 Å². The largest absolute Gasteiger partial charge is 0.418 e. The lowest BCUT2D eigenvalue weighted by atomic mass is 10.1. The molecule has 2 aromatic carbocycles. The fourth-order valence-electron chi connectivity index (χ4n) is 1.92. The van der Waals surface area contributed by atoms with Gasteiger partial charge < -0.3 is 10.6 Å². The molecule has 132 valence electrons. The van der Waals surface area contributed by atoms with Gasteiger partial charge in [-0.05, 0) is 42.5 Å². The van der Waals surface area contributed by atoms with Gasteiger partial charge in [-0.25, -0.2) is 0 Å². The van der Waals surface area contributed by atoms with Crippen molar-refractivity contribution in [3.8, 4) is 0 Å². The lowest BCUT2D eigenvalue weighted by Crippen LogP contribution is -2.33. The van der Waals surface area contributed by atoms with Crippen molar-refractivity contribution >= 4 is 40.7 Å². The van der Waals surface area contributed by atoms with Gasteiger partial charge in [0.1, 0.15) is 0 Å². The van der Waals surface area contributed by atoms with Crippen LogP contribution in [-0.4, -0.2) is 18.4 Å². The van der Waals surface area contributed by atoms with Crippen molar-refractivity contribution in [2.75, 3.05) is 11.9 Å². The van der Waals surface area contributed by atoms with E-state index in [1.54, 1.807) is 0 Å². The Balaban J connectivity index is 2.01. The number of amides is 2. The van der Waals surface area contributed by atoms with Crippen LogP contribution >= 0.6 is 23.2 Å². The SMILES string of the molecule is O=C(CNC(=O)c1ccc(Cl)cc1)Nc1ccc(Cl)cc1C(F)(F)F. The Morgan fingerprint density at radius 2 is 1.56 bits per heavy atom. The summed E-state index contributed by atoms with van der Waals surface area (Å²) >= 11 is 11.3. The fraction of sp³-hybridized carbons (Fsp3) is 0.125. The number of carbonyl (C=O) groups is 2. The Morgan fingerprint density at radius 1 is 0.960 bits per heavy atom. The lowest BCUT2D eigenvalue weighted by molar-refractivity contribution is -0.137. The number of alkyl halides is 3. The molecule has 0 fully saturated rings. The minimum absolute atomic E-state index is 0.110. The Bertz CT molecular complexity index is 793. The number of nitrogens with one attached hydrogen (secondary N) is 2. The van der Waals surface area contributed by atoms with Crippen molar-refractivity contribution in [2.24, 2.45) is 0 Å². The van der Waals surface area contributed by atoms with E-state index in [2.05, 4.69) is 10.6 Å². The highest BCUT2D eigenvalue weighted by atomic mass is 35.5. The summed E-state index contributed by atoms with van der Waals surface area (Å²) in [6.07, 6.45) is -4.68. The van der Waals surface area contributed by atoms with Crippen molar-refractivity contribution in [3.05, 3.63) is 63.6 Å². The van der Waals surface area contributed by atoms with Crippen molar-refractivity contribution in [2.45, 2.75) is 6.18 Å². The lowest BCUT2D eigenvalue weighted by Gasteiger charge is -2.14. The quantitative estimate of drug-likeness (QED) is 0.813. The molecule has 0 aliphatic rings. The van der Waals surface area contributed by atoms with Crippen molar-refractivity contribution in [1.29, 1.82) is 0 Å². The van der Waals surface area contributed by atoms with Crippen LogP contribution in [0, 0.1) is 0 Å². The highest BCUT2D eigenvalue weighted by Crippen LogP contribution is 2.36. The van der Waals surface area contributed by atoms with E-state index in [4.69, 9.17) is 23.2 Å². The predicted octanol–water partition coefficient (Wildman–Crippen LogP) is 4.38. The Hall–Kier alpha value is -2.25. The van der Waals surface area contributed by atoms with Gasteiger partial charge in [-0.3, -0.25) is 9.59 Å². The summed E-state index contributed by atoms with van der Waals surface area (Å²) in [5.74, 6) is -1.37. The van der Waals surface area contributed by atoms with Gasteiger partial charge in [-0.1, -0.05) is 23.2 Å². The first-order valence-electron chi connectivity index (χ1n) is 6.87. The van der Waals surface area contributed by atoms with Crippen LogP contribution in [0.5, 0.6) is 0 Å². The topological polar surface area (TPSA) is 58.2 Å². The molecule has 0 heterocycles. The molecule has 0 aliphatic heterocycles. The molecule has 0 saturated carbocycles. The second-order valence-corrected chi connectivity index (χ2v) is 5.80. The van der Waals surface area contributed by atoms with Crippen LogP contribution in [0.25, 0.3) is 0 Å². The number of halogens is 5. The van der Waals surface area contributed by atoms with Crippen LogP contribution in [0.15, 0.2) is 42.5 Å². The summed E-state index contributed by atoms with van der Waals surface area (Å²) in [4.78, 5) is 23.7. The standard InChI is InChI=1S/C16H11Cl2F3N2O2/c17-10-3-1-9(2-4-10)15(25)22-8-14(24)23-13-6-5-11(18)7-12(13)16(19,20)21/h1-7H,8H2,(H,22,25)(H,23,24). The first-order valence-corrected chi connectivity index (χ1v) is 7.63. The minimum atomic E-state index is -4.68. The summed E-state index contributed by atoms with van der Waals surface area (Å²) in [7, 11) is 0. The molecule has 0 aliphatic carbocycles. The zero-order chi connectivity index (χ0) is 18.6. The number of carbonyl (C=O) groups excluding carboxylic acids is 2. The molecule has 0 atom stereocenters. The second kappa shape index (κ2) is 7.76. The first kappa shape index (κ1) is 19.1. The van der Waals surface area contributed by atoms with E-state index in [9.17, 15) is 22.8 Å². The summed E-state index contributed by atoms with van der Waals surface area (Å²) < 4.78 is 38.9. The van der Waals surface area contributed by atoms with Crippen molar-refractivity contribution in [1.82, 2.24) is 5.32 Å². The average molecular weight is 391 g/mol. The van der Waals surface area contributed by atoms with Crippen LogP contribution < -0.4 is 10.6 Å². The molecule has 2 aromatic rings. The zero-order valence-electron chi connectivity index (χ0n) is 12.5. The maximum Gasteiger partial charge on any atom is 0.418 e. The van der Waals surface area contributed by atoms with E-state index >= 15 is 0 Å². The highest BCUT2D eigenvalue weighted by molar-refractivity contribution is 6.31. The van der Waals surface area contributed by atoms with Crippen LogP contribution in [0.3, 0.4) is 0 Å². The number of hydrogen-bond acceptors (Lipinski definition) is 2. The monoisotopic (exact) mass is 390 g/mol. The van der Waals surface area contributed by atoms with Gasteiger partial charge in [0.15, 0.2) is 0 Å². The smallest absolute Gasteiger partial charge is 0.343 e. The summed E-state index contributed by atoms with van der Waals surface area (Å²) in [6, 6.07) is 8.89. The number of anilines is 1. The van der Waals surface area contributed by atoms with Gasteiger partial charge in [0, 0.05) is 15.6 Å². The molecule has 4 nitrogen and oxygen atoms in total. The van der Waals surface area contributed by atoms with E-state index in [1.807, 2.05) is 0 Å². The van der Waals surface area contributed by atoms with Gasteiger partial charge in [-0.15, -0.1) is 0 Å². The van der Waals surface area contributed by atoms with Gasteiger partial charge in [-0.2, -0.15) is 13.2 Å². The van der Waals surface area contributed by atoms with E-state index < -0.39 is 35.8 Å². The summed E-state index contributed by atoms with van der Waals surface area (Å²) in [5.41, 5.74) is -1.25. The molecule has 2 N–H and O–H groups in total. The normalized spacial score (nSPS) is 11.1. The molecule has 2 amide bonds. The van der Waals surface area contributed by atoms with Gasteiger partial charge in [0.2, 0.25) is 5.91 Å². The Kier molecular flexibility index (Phi) is 5.92. The molecule has 9 heteroatoms. The van der Waals surface area contributed by atoms with Crippen LogP contribution in [0.2, 0.25) is 10.0 Å². The van der Waals surface area contributed by atoms with Gasteiger partial charge in [0.05, 0.1) is 17.8 Å². The van der Waals surface area contributed by atoms with Crippen LogP contribution in [-0.2, 0) is 11.0 Å². The highest BCUT2D eigenvalue weighted by Gasteiger charge is 2.34. The number of rotatable bonds is 4. The molecular weight excluding hydrogens is 380 g/mol. The summed E-state index contributed by atoms with van der Waals surface area (Å²) in [5, 5.41) is 4.75. The van der Waals surface area contributed by atoms with E-state index in [0.717, 1.165) is 6.07 Å². The minimum Gasteiger partial charge on any atom is -0.343 e. The van der Waals surface area contributed by atoms with Gasteiger partial charge >= 0.3 is 6.18 Å². The predicted molar refractivity (Wildman–Crippen MR) is 88.9 cm³/mol. The molecule has 0 unspecified atom stereocenters. The van der Waals surface area contributed by atoms with Crippen LogP contribution in [0.4, 0.5) is 18.9 Å². The third kappa shape index (κ3) is 5.37.